The van der Waals surface area contributed by atoms with E-state index in [1.54, 1.807) is 6.20 Å². The molecule has 0 saturated carbocycles. The van der Waals surface area contributed by atoms with Crippen molar-refractivity contribution in [2.45, 2.75) is 26.2 Å². The van der Waals surface area contributed by atoms with Crippen molar-refractivity contribution in [3.8, 4) is 0 Å². The molecule has 2 heterocycles. The summed E-state index contributed by atoms with van der Waals surface area (Å²) >= 11 is 5.97. The van der Waals surface area contributed by atoms with Gasteiger partial charge in [0.15, 0.2) is 0 Å². The number of likely N-dealkylation sites (tertiary alicyclic amines) is 1. The smallest absolute Gasteiger partial charge is 0.256 e. The molecule has 2 aromatic carbocycles. The molecule has 1 N–H and O–H groups in total. The molecule has 0 radical (unpaired) electrons. The van der Waals surface area contributed by atoms with Crippen LogP contribution in [0.3, 0.4) is 0 Å². The minimum Gasteiger partial charge on any atom is -0.340 e. The SMILES string of the molecule is Cc1cccc2c(Nc3ccc(Cl)cc3)ncc(C(=O)N3CCCCC3)c12. The summed E-state index contributed by atoms with van der Waals surface area (Å²) in [5, 5.41) is 5.97. The second-order valence-electron chi connectivity index (χ2n) is 7.00. The van der Waals surface area contributed by atoms with Crippen LogP contribution in [0, 0.1) is 6.92 Å². The number of aryl methyl sites for hydroxylation is 1. The number of halogens is 1. The molecule has 0 atom stereocenters. The maximum Gasteiger partial charge on any atom is 0.256 e. The van der Waals surface area contributed by atoms with Crippen molar-refractivity contribution in [2.24, 2.45) is 0 Å². The molecule has 4 nitrogen and oxygen atoms in total. The predicted molar refractivity (Wildman–Crippen MR) is 111 cm³/mol. The van der Waals surface area contributed by atoms with Gasteiger partial charge in [-0.15, -0.1) is 0 Å². The second kappa shape index (κ2) is 7.57. The lowest BCUT2D eigenvalue weighted by Crippen LogP contribution is -2.35. The van der Waals surface area contributed by atoms with Gasteiger partial charge in [-0.05, 0) is 56.0 Å². The van der Waals surface area contributed by atoms with Gasteiger partial charge >= 0.3 is 0 Å². The van der Waals surface area contributed by atoms with Crippen molar-refractivity contribution in [1.82, 2.24) is 9.88 Å². The summed E-state index contributed by atoms with van der Waals surface area (Å²) in [5.74, 6) is 0.825. The van der Waals surface area contributed by atoms with Crippen LogP contribution in [0.4, 0.5) is 11.5 Å². The Balaban J connectivity index is 1.76. The number of benzene rings is 2. The van der Waals surface area contributed by atoms with Crippen molar-refractivity contribution >= 4 is 39.8 Å². The lowest BCUT2D eigenvalue weighted by Gasteiger charge is -2.27. The molecule has 0 spiro atoms. The van der Waals surface area contributed by atoms with Gasteiger partial charge in [0.25, 0.3) is 5.91 Å². The molecular weight excluding hydrogens is 358 g/mol. The Hall–Kier alpha value is -2.59. The molecule has 4 rings (SSSR count). The first-order valence-corrected chi connectivity index (χ1v) is 9.71. The van der Waals surface area contributed by atoms with Crippen molar-refractivity contribution in [3.63, 3.8) is 0 Å². The van der Waals surface area contributed by atoms with E-state index in [-0.39, 0.29) is 5.91 Å². The van der Waals surface area contributed by atoms with Crippen molar-refractivity contribution in [3.05, 3.63) is 64.8 Å². The van der Waals surface area contributed by atoms with Crippen LogP contribution in [0.2, 0.25) is 5.02 Å². The Labute approximate surface area is 164 Å². The molecule has 0 bridgehead atoms. The quantitative estimate of drug-likeness (QED) is 0.647. The van der Waals surface area contributed by atoms with Crippen LogP contribution in [-0.4, -0.2) is 28.9 Å². The summed E-state index contributed by atoms with van der Waals surface area (Å²) in [6.45, 7) is 3.70. The zero-order chi connectivity index (χ0) is 18.8. The molecular formula is C22H22ClN3O. The van der Waals surface area contributed by atoms with Crippen molar-refractivity contribution in [2.75, 3.05) is 18.4 Å². The number of amides is 1. The van der Waals surface area contributed by atoms with Crippen LogP contribution in [0.1, 0.15) is 35.2 Å². The van der Waals surface area contributed by atoms with Crippen molar-refractivity contribution < 1.29 is 4.79 Å². The van der Waals surface area contributed by atoms with Crippen LogP contribution >= 0.6 is 11.6 Å². The zero-order valence-electron chi connectivity index (χ0n) is 15.3. The van der Waals surface area contributed by atoms with Gasteiger partial charge in [-0.2, -0.15) is 0 Å². The van der Waals surface area contributed by atoms with Gasteiger partial charge in [0.05, 0.1) is 5.56 Å². The van der Waals surface area contributed by atoms with Gasteiger partial charge in [0.1, 0.15) is 5.82 Å². The summed E-state index contributed by atoms with van der Waals surface area (Å²) < 4.78 is 0. The van der Waals surface area contributed by atoms with E-state index in [1.807, 2.05) is 54.3 Å². The van der Waals surface area contributed by atoms with E-state index in [0.29, 0.717) is 10.6 Å². The fraction of sp³-hybridized carbons (Fsp3) is 0.273. The maximum atomic E-state index is 13.1. The molecule has 138 valence electrons. The molecule has 3 aromatic rings. The number of carbonyl (C=O) groups excluding carboxylic acids is 1. The molecule has 5 heteroatoms. The van der Waals surface area contributed by atoms with Gasteiger partial charge in [-0.1, -0.05) is 29.8 Å². The summed E-state index contributed by atoms with van der Waals surface area (Å²) in [4.78, 5) is 19.7. The average Bonchev–Trinajstić information content (AvgIpc) is 2.70. The molecule has 1 aliphatic heterocycles. The average molecular weight is 380 g/mol. The van der Waals surface area contributed by atoms with Gasteiger partial charge in [-0.25, -0.2) is 4.98 Å². The van der Waals surface area contributed by atoms with Crippen LogP contribution in [-0.2, 0) is 0 Å². The first-order valence-electron chi connectivity index (χ1n) is 9.34. The summed E-state index contributed by atoms with van der Waals surface area (Å²) in [5.41, 5.74) is 2.67. The molecule has 1 amide bonds. The fourth-order valence-electron chi connectivity index (χ4n) is 3.68. The molecule has 1 aliphatic rings. The third-order valence-corrected chi connectivity index (χ3v) is 5.35. The summed E-state index contributed by atoms with van der Waals surface area (Å²) in [6.07, 6.45) is 5.06. The second-order valence-corrected chi connectivity index (χ2v) is 7.44. The predicted octanol–water partition coefficient (Wildman–Crippen LogP) is 5.57. The van der Waals surface area contributed by atoms with E-state index in [1.165, 1.54) is 6.42 Å². The lowest BCUT2D eigenvalue weighted by molar-refractivity contribution is 0.0726. The molecule has 1 fully saturated rings. The highest BCUT2D eigenvalue weighted by molar-refractivity contribution is 6.30. The lowest BCUT2D eigenvalue weighted by atomic mass is 10.00. The molecule has 1 saturated heterocycles. The van der Waals surface area contributed by atoms with Crippen LogP contribution in [0.15, 0.2) is 48.7 Å². The number of pyridine rings is 1. The highest BCUT2D eigenvalue weighted by Gasteiger charge is 2.22. The number of anilines is 2. The number of aromatic nitrogens is 1. The van der Waals surface area contributed by atoms with Crippen LogP contribution in [0.5, 0.6) is 0 Å². The van der Waals surface area contributed by atoms with Crippen molar-refractivity contribution in [1.29, 1.82) is 0 Å². The van der Waals surface area contributed by atoms with E-state index in [2.05, 4.69) is 10.3 Å². The number of nitrogens with one attached hydrogen (secondary N) is 1. The van der Waals surface area contributed by atoms with Crippen LogP contribution in [0.25, 0.3) is 10.8 Å². The maximum absolute atomic E-state index is 13.1. The molecule has 27 heavy (non-hydrogen) atoms. The highest BCUT2D eigenvalue weighted by atomic mass is 35.5. The standard InChI is InChI=1S/C22H22ClN3O/c1-15-6-5-7-18-20(15)19(22(27)26-12-3-2-4-13-26)14-24-21(18)25-17-10-8-16(23)9-11-17/h5-11,14H,2-4,12-13H2,1H3,(H,24,25). The van der Waals surface area contributed by atoms with E-state index >= 15 is 0 Å². The topological polar surface area (TPSA) is 45.2 Å². The number of fused-ring (bicyclic) bond motifs is 1. The fourth-order valence-corrected chi connectivity index (χ4v) is 3.81. The molecule has 0 unspecified atom stereocenters. The van der Waals surface area contributed by atoms with Gasteiger partial charge < -0.3 is 10.2 Å². The minimum atomic E-state index is 0.0829. The van der Waals surface area contributed by atoms with E-state index < -0.39 is 0 Å². The minimum absolute atomic E-state index is 0.0829. The van der Waals surface area contributed by atoms with E-state index in [9.17, 15) is 4.79 Å². The Kier molecular flexibility index (Phi) is 4.99. The Morgan fingerprint density at radius 3 is 2.56 bits per heavy atom. The number of hydrogen-bond donors (Lipinski definition) is 1. The number of piperidine rings is 1. The molecule has 0 aliphatic carbocycles. The first-order chi connectivity index (χ1) is 13.1. The van der Waals surface area contributed by atoms with E-state index in [0.717, 1.165) is 53.8 Å². The van der Waals surface area contributed by atoms with Gasteiger partial charge in [-0.3, -0.25) is 4.79 Å². The third kappa shape index (κ3) is 3.62. The van der Waals surface area contributed by atoms with Crippen LogP contribution < -0.4 is 5.32 Å². The molecule has 1 aromatic heterocycles. The third-order valence-electron chi connectivity index (χ3n) is 5.10. The number of carbonyl (C=O) groups is 1. The summed E-state index contributed by atoms with van der Waals surface area (Å²) in [6, 6.07) is 13.6. The Morgan fingerprint density at radius 1 is 1.07 bits per heavy atom. The van der Waals surface area contributed by atoms with Gasteiger partial charge in [0, 0.05) is 40.8 Å². The number of hydrogen-bond acceptors (Lipinski definition) is 3. The highest BCUT2D eigenvalue weighted by Crippen LogP contribution is 2.31. The largest absolute Gasteiger partial charge is 0.340 e. The zero-order valence-corrected chi connectivity index (χ0v) is 16.1. The number of rotatable bonds is 3. The van der Waals surface area contributed by atoms with E-state index in [4.69, 9.17) is 11.6 Å². The summed E-state index contributed by atoms with van der Waals surface area (Å²) in [7, 11) is 0. The first kappa shape index (κ1) is 17.8. The number of nitrogens with zero attached hydrogens (tertiary/aromatic N) is 2. The Bertz CT molecular complexity index is 979. The van der Waals surface area contributed by atoms with Gasteiger partial charge in [0.2, 0.25) is 0 Å². The normalized spacial score (nSPS) is 14.4. The monoisotopic (exact) mass is 379 g/mol. The Morgan fingerprint density at radius 2 is 1.81 bits per heavy atom.